The molecular formula is C30H33ClN2O2. The number of anilines is 1. The van der Waals surface area contributed by atoms with E-state index in [1.54, 1.807) is 0 Å². The minimum absolute atomic E-state index is 0.0786. The number of hydrogen-bond acceptors (Lipinski definition) is 3. The van der Waals surface area contributed by atoms with Gasteiger partial charge in [0, 0.05) is 25.6 Å². The van der Waals surface area contributed by atoms with Gasteiger partial charge >= 0.3 is 0 Å². The number of likely N-dealkylation sites (tertiary alicyclic amines) is 1. The summed E-state index contributed by atoms with van der Waals surface area (Å²) in [5, 5.41) is 0.614. The Kier molecular flexibility index (Phi) is 7.40. The molecule has 0 spiro atoms. The zero-order chi connectivity index (χ0) is 24.2. The molecule has 1 amide bonds. The number of rotatable bonds is 7. The molecule has 0 N–H and O–H groups in total. The van der Waals surface area contributed by atoms with Crippen LogP contribution in [0.1, 0.15) is 42.9 Å². The number of carbonyl (C=O) groups is 1. The van der Waals surface area contributed by atoms with Gasteiger partial charge in [0.2, 0.25) is 5.91 Å². The normalized spacial score (nSPS) is 17.8. The zero-order valence-corrected chi connectivity index (χ0v) is 21.1. The molecule has 0 saturated carbocycles. The highest BCUT2D eigenvalue weighted by Crippen LogP contribution is 2.38. The van der Waals surface area contributed by atoms with E-state index in [0.717, 1.165) is 36.3 Å². The van der Waals surface area contributed by atoms with Crippen molar-refractivity contribution in [1.82, 2.24) is 4.90 Å². The highest BCUT2D eigenvalue weighted by molar-refractivity contribution is 6.32. The van der Waals surface area contributed by atoms with E-state index in [-0.39, 0.29) is 12.1 Å². The number of aryl methyl sites for hydroxylation is 1. The molecule has 1 fully saturated rings. The van der Waals surface area contributed by atoms with Crippen molar-refractivity contribution < 1.29 is 9.53 Å². The molecule has 0 radical (unpaired) electrons. The Labute approximate surface area is 213 Å². The summed E-state index contributed by atoms with van der Waals surface area (Å²) in [6, 6.07) is 24.8. The zero-order valence-electron chi connectivity index (χ0n) is 20.3. The summed E-state index contributed by atoms with van der Waals surface area (Å²) >= 11 is 6.65. The van der Waals surface area contributed by atoms with Crippen LogP contribution in [-0.2, 0) is 24.2 Å². The number of piperidine rings is 1. The molecular weight excluding hydrogens is 456 g/mol. The van der Waals surface area contributed by atoms with Crippen LogP contribution in [0.2, 0.25) is 5.02 Å². The number of halogens is 1. The van der Waals surface area contributed by atoms with Gasteiger partial charge in [-0.25, -0.2) is 0 Å². The van der Waals surface area contributed by atoms with Gasteiger partial charge in [-0.2, -0.15) is 0 Å². The summed E-state index contributed by atoms with van der Waals surface area (Å²) in [4.78, 5) is 17.1. The summed E-state index contributed by atoms with van der Waals surface area (Å²) in [6.45, 7) is 4.68. The third-order valence-electron chi connectivity index (χ3n) is 7.34. The first-order valence-electron chi connectivity index (χ1n) is 12.7. The van der Waals surface area contributed by atoms with E-state index in [1.165, 1.54) is 18.4 Å². The summed E-state index contributed by atoms with van der Waals surface area (Å²) in [5.41, 5.74) is 4.55. The molecule has 0 aromatic heterocycles. The van der Waals surface area contributed by atoms with E-state index < -0.39 is 0 Å². The predicted octanol–water partition coefficient (Wildman–Crippen LogP) is 6.50. The number of hydrogen-bond donors (Lipinski definition) is 0. The minimum Gasteiger partial charge on any atom is -0.474 e. The van der Waals surface area contributed by atoms with E-state index in [0.29, 0.717) is 36.1 Å². The van der Waals surface area contributed by atoms with Gasteiger partial charge in [0.15, 0.2) is 0 Å². The number of amides is 1. The highest BCUT2D eigenvalue weighted by atomic mass is 35.5. The molecule has 1 atom stereocenters. The van der Waals surface area contributed by atoms with Crippen LogP contribution >= 0.6 is 11.6 Å². The van der Waals surface area contributed by atoms with Gasteiger partial charge in [-0.05, 0) is 61.3 Å². The Balaban J connectivity index is 1.25. The molecule has 2 aliphatic rings. The van der Waals surface area contributed by atoms with Gasteiger partial charge in [0.25, 0.3) is 0 Å². The molecule has 2 heterocycles. The summed E-state index contributed by atoms with van der Waals surface area (Å²) in [6.07, 6.45) is 4.62. The average molecular weight is 489 g/mol. The molecule has 2 aliphatic heterocycles. The maximum atomic E-state index is 12.8. The van der Waals surface area contributed by atoms with Crippen molar-refractivity contribution in [3.63, 3.8) is 0 Å². The standard InChI is InChI=1S/C30H33ClN2O2/c1-22(32-16-14-24(15-17-32)18-23-8-4-2-5-9-23)35-29-20-28-26(19-27(29)31)12-13-30(34)33(28)21-25-10-6-3-7-11-25/h2-11,19-20,22,24H,12-18,21H2,1H3. The van der Waals surface area contributed by atoms with Gasteiger partial charge < -0.3 is 9.64 Å². The second-order valence-electron chi connectivity index (χ2n) is 9.76. The van der Waals surface area contributed by atoms with Gasteiger partial charge in [-0.15, -0.1) is 0 Å². The number of fused-ring (bicyclic) bond motifs is 1. The first kappa shape index (κ1) is 23.9. The third-order valence-corrected chi connectivity index (χ3v) is 7.64. The molecule has 5 rings (SSSR count). The molecule has 1 saturated heterocycles. The van der Waals surface area contributed by atoms with E-state index in [9.17, 15) is 4.79 Å². The molecule has 4 nitrogen and oxygen atoms in total. The Morgan fingerprint density at radius 3 is 2.29 bits per heavy atom. The largest absolute Gasteiger partial charge is 0.474 e. The fraction of sp³-hybridized carbons (Fsp3) is 0.367. The summed E-state index contributed by atoms with van der Waals surface area (Å²) in [7, 11) is 0. The first-order valence-corrected chi connectivity index (χ1v) is 13.1. The SMILES string of the molecule is CC(Oc1cc2c(cc1Cl)CCC(=O)N2Cc1ccccc1)N1CCC(Cc2ccccc2)CC1. The Hall–Kier alpha value is -2.82. The molecule has 3 aromatic carbocycles. The van der Waals surface area contributed by atoms with Gasteiger partial charge in [-0.1, -0.05) is 72.3 Å². The lowest BCUT2D eigenvalue weighted by molar-refractivity contribution is -0.119. The lowest BCUT2D eigenvalue weighted by Gasteiger charge is -2.36. The van der Waals surface area contributed by atoms with Crippen LogP contribution < -0.4 is 9.64 Å². The van der Waals surface area contributed by atoms with Crippen LogP contribution in [0.15, 0.2) is 72.8 Å². The van der Waals surface area contributed by atoms with Crippen molar-refractivity contribution in [2.24, 2.45) is 5.92 Å². The average Bonchev–Trinajstić information content (AvgIpc) is 2.88. The van der Waals surface area contributed by atoms with Crippen LogP contribution in [0.3, 0.4) is 0 Å². The molecule has 3 aromatic rings. The van der Waals surface area contributed by atoms with Crippen LogP contribution in [-0.4, -0.2) is 30.1 Å². The van der Waals surface area contributed by atoms with Crippen LogP contribution in [0, 0.1) is 5.92 Å². The Morgan fingerprint density at radius 1 is 0.943 bits per heavy atom. The quantitative estimate of drug-likeness (QED) is 0.380. The van der Waals surface area contributed by atoms with Crippen molar-refractivity contribution in [2.45, 2.75) is 51.8 Å². The third kappa shape index (κ3) is 5.71. The van der Waals surface area contributed by atoms with Crippen LogP contribution in [0.25, 0.3) is 0 Å². The van der Waals surface area contributed by atoms with E-state index in [2.05, 4.69) is 54.3 Å². The number of carbonyl (C=O) groups excluding carboxylic acids is 1. The smallest absolute Gasteiger partial charge is 0.227 e. The van der Waals surface area contributed by atoms with Crippen molar-refractivity contribution in [3.8, 4) is 5.75 Å². The molecule has 1 unspecified atom stereocenters. The molecule has 182 valence electrons. The topological polar surface area (TPSA) is 32.8 Å². The van der Waals surface area contributed by atoms with Crippen molar-refractivity contribution in [3.05, 3.63) is 94.5 Å². The van der Waals surface area contributed by atoms with E-state index >= 15 is 0 Å². The fourth-order valence-corrected chi connectivity index (χ4v) is 5.53. The number of nitrogens with zero attached hydrogens (tertiary/aromatic N) is 2. The second-order valence-corrected chi connectivity index (χ2v) is 10.2. The van der Waals surface area contributed by atoms with E-state index in [4.69, 9.17) is 16.3 Å². The molecule has 35 heavy (non-hydrogen) atoms. The first-order chi connectivity index (χ1) is 17.1. The Morgan fingerprint density at radius 2 is 1.60 bits per heavy atom. The lowest BCUT2D eigenvalue weighted by atomic mass is 9.90. The maximum absolute atomic E-state index is 12.8. The highest BCUT2D eigenvalue weighted by Gasteiger charge is 2.28. The monoisotopic (exact) mass is 488 g/mol. The van der Waals surface area contributed by atoms with E-state index in [1.807, 2.05) is 35.2 Å². The van der Waals surface area contributed by atoms with Crippen molar-refractivity contribution in [1.29, 1.82) is 0 Å². The molecule has 0 aliphatic carbocycles. The second kappa shape index (κ2) is 10.8. The van der Waals surface area contributed by atoms with Gasteiger partial charge in [-0.3, -0.25) is 9.69 Å². The lowest BCUT2D eigenvalue weighted by Crippen LogP contribution is -2.43. The van der Waals surface area contributed by atoms with Gasteiger partial charge in [0.05, 0.1) is 17.3 Å². The fourth-order valence-electron chi connectivity index (χ4n) is 5.30. The molecule has 0 bridgehead atoms. The van der Waals surface area contributed by atoms with Gasteiger partial charge in [0.1, 0.15) is 12.0 Å². The maximum Gasteiger partial charge on any atom is 0.227 e. The van der Waals surface area contributed by atoms with Crippen molar-refractivity contribution in [2.75, 3.05) is 18.0 Å². The Bertz CT molecular complexity index is 1140. The van der Waals surface area contributed by atoms with Crippen molar-refractivity contribution >= 4 is 23.2 Å². The summed E-state index contributed by atoms with van der Waals surface area (Å²) < 4.78 is 6.39. The number of ether oxygens (including phenoxy) is 1. The number of benzene rings is 3. The predicted molar refractivity (Wildman–Crippen MR) is 142 cm³/mol. The summed E-state index contributed by atoms with van der Waals surface area (Å²) in [5.74, 6) is 1.51. The van der Waals surface area contributed by atoms with Crippen LogP contribution in [0.5, 0.6) is 5.75 Å². The minimum atomic E-state index is -0.0786. The molecule has 5 heteroatoms. The van der Waals surface area contributed by atoms with Crippen LogP contribution in [0.4, 0.5) is 5.69 Å².